The molecule has 1 aromatic heterocycles. The molecule has 0 aliphatic rings. The van der Waals surface area contributed by atoms with Gasteiger partial charge >= 0.3 is 0 Å². The molecule has 0 radical (unpaired) electrons. The largest absolute Gasteiger partial charge is 0.377 e. The summed E-state index contributed by atoms with van der Waals surface area (Å²) in [5, 5.41) is 9.53. The third kappa shape index (κ3) is 3.51. The van der Waals surface area contributed by atoms with Gasteiger partial charge in [-0.2, -0.15) is 0 Å². The molecule has 0 aliphatic carbocycles. The number of hydrogen-bond acceptors (Lipinski definition) is 6. The first-order valence-corrected chi connectivity index (χ1v) is 9.57. The molecule has 0 spiro atoms. The summed E-state index contributed by atoms with van der Waals surface area (Å²) in [4.78, 5) is 9.01. The van der Waals surface area contributed by atoms with Gasteiger partial charge in [-0.05, 0) is 18.4 Å². The molecule has 0 fully saturated rings. The number of aromatic nitrogens is 3. The van der Waals surface area contributed by atoms with Crippen LogP contribution in [0, 0.1) is 0 Å². The minimum Gasteiger partial charge on any atom is -0.377 e. The van der Waals surface area contributed by atoms with Crippen molar-refractivity contribution in [1.82, 2.24) is 15.2 Å². The summed E-state index contributed by atoms with van der Waals surface area (Å²) in [7, 11) is 8.14. The van der Waals surface area contributed by atoms with Crippen molar-refractivity contribution < 1.29 is 0 Å². The highest BCUT2D eigenvalue weighted by Gasteiger charge is 2.19. The summed E-state index contributed by atoms with van der Waals surface area (Å²) in [5.41, 5.74) is 5.90. The Bertz CT molecular complexity index is 908. The van der Waals surface area contributed by atoms with Crippen molar-refractivity contribution in [3.63, 3.8) is 0 Å². The van der Waals surface area contributed by atoms with Crippen molar-refractivity contribution in [2.45, 2.75) is 5.16 Å². The summed E-state index contributed by atoms with van der Waals surface area (Å²) in [5.74, 6) is 0. The van der Waals surface area contributed by atoms with Crippen LogP contribution in [-0.2, 0) is 0 Å². The van der Waals surface area contributed by atoms with Crippen molar-refractivity contribution in [3.8, 4) is 22.5 Å². The Hall–Kier alpha value is -2.60. The third-order valence-corrected chi connectivity index (χ3v) is 4.67. The number of thioether (sulfide) groups is 1. The Kier molecular flexibility index (Phi) is 5.42. The van der Waals surface area contributed by atoms with Crippen LogP contribution in [0.3, 0.4) is 0 Å². The van der Waals surface area contributed by atoms with Crippen LogP contribution in [0.5, 0.6) is 0 Å². The summed E-state index contributed by atoms with van der Waals surface area (Å²) in [6.07, 6.45) is 1.96. The predicted molar refractivity (Wildman–Crippen MR) is 111 cm³/mol. The molecule has 0 saturated carbocycles. The van der Waals surface area contributed by atoms with E-state index in [1.807, 2.05) is 58.7 Å². The van der Waals surface area contributed by atoms with E-state index in [-0.39, 0.29) is 0 Å². The molecule has 3 aromatic rings. The lowest BCUT2D eigenvalue weighted by molar-refractivity contribution is 0.851. The van der Waals surface area contributed by atoms with Gasteiger partial charge < -0.3 is 9.80 Å². The van der Waals surface area contributed by atoms with Crippen LogP contribution in [-0.4, -0.2) is 49.6 Å². The molecule has 0 atom stereocenters. The summed E-state index contributed by atoms with van der Waals surface area (Å²) < 4.78 is 0. The van der Waals surface area contributed by atoms with Crippen LogP contribution in [0.15, 0.2) is 53.7 Å². The van der Waals surface area contributed by atoms with Gasteiger partial charge in [0.05, 0.1) is 0 Å². The van der Waals surface area contributed by atoms with Gasteiger partial charge in [-0.3, -0.25) is 0 Å². The van der Waals surface area contributed by atoms with E-state index in [0.717, 1.165) is 33.9 Å². The van der Waals surface area contributed by atoms with E-state index in [2.05, 4.69) is 44.3 Å². The van der Waals surface area contributed by atoms with E-state index in [1.165, 1.54) is 11.8 Å². The molecular formula is C20H23N5S. The minimum absolute atomic E-state index is 0.666. The Labute approximate surface area is 159 Å². The molecule has 5 nitrogen and oxygen atoms in total. The van der Waals surface area contributed by atoms with E-state index in [9.17, 15) is 0 Å². The average molecular weight is 366 g/mol. The lowest BCUT2D eigenvalue weighted by Crippen LogP contribution is -2.12. The van der Waals surface area contributed by atoms with E-state index >= 15 is 0 Å². The highest BCUT2D eigenvalue weighted by Crippen LogP contribution is 2.38. The maximum Gasteiger partial charge on any atom is 0.209 e. The maximum atomic E-state index is 4.83. The Balaban J connectivity index is 2.30. The molecular weight excluding hydrogens is 342 g/mol. The zero-order valence-corrected chi connectivity index (χ0v) is 16.6. The fourth-order valence-corrected chi connectivity index (χ4v) is 3.20. The Morgan fingerprint density at radius 1 is 0.692 bits per heavy atom. The zero-order valence-electron chi connectivity index (χ0n) is 15.8. The Morgan fingerprint density at radius 2 is 1.19 bits per heavy atom. The van der Waals surface area contributed by atoms with Gasteiger partial charge in [0, 0.05) is 50.7 Å². The van der Waals surface area contributed by atoms with E-state index in [4.69, 9.17) is 4.98 Å². The normalized spacial score (nSPS) is 10.7. The van der Waals surface area contributed by atoms with Crippen LogP contribution in [0.4, 0.5) is 11.4 Å². The standard InChI is InChI=1S/C20H23N5S/c1-24(2)16-12-8-6-10-14(16)18-19(22-23-20(21-18)26-5)15-11-7-9-13-17(15)25(3)4/h6-13H,1-5H3. The van der Waals surface area contributed by atoms with Crippen LogP contribution >= 0.6 is 11.8 Å². The van der Waals surface area contributed by atoms with Gasteiger partial charge in [-0.1, -0.05) is 48.2 Å². The summed E-state index contributed by atoms with van der Waals surface area (Å²) in [6.45, 7) is 0. The number of rotatable bonds is 5. The molecule has 0 unspecified atom stereocenters. The minimum atomic E-state index is 0.666. The fraction of sp³-hybridized carbons (Fsp3) is 0.250. The van der Waals surface area contributed by atoms with Crippen molar-refractivity contribution in [2.24, 2.45) is 0 Å². The van der Waals surface area contributed by atoms with Gasteiger partial charge in [-0.25, -0.2) is 4.98 Å². The van der Waals surface area contributed by atoms with Crippen LogP contribution in [0.25, 0.3) is 22.5 Å². The molecule has 0 bridgehead atoms. The lowest BCUT2D eigenvalue weighted by Gasteiger charge is -2.20. The molecule has 1 heterocycles. The second-order valence-corrected chi connectivity index (χ2v) is 7.09. The third-order valence-electron chi connectivity index (χ3n) is 4.13. The topological polar surface area (TPSA) is 45.2 Å². The number of hydrogen-bond donors (Lipinski definition) is 0. The van der Waals surface area contributed by atoms with Gasteiger partial charge in [0.25, 0.3) is 0 Å². The lowest BCUT2D eigenvalue weighted by atomic mass is 10.0. The molecule has 0 amide bonds. The highest BCUT2D eigenvalue weighted by atomic mass is 32.2. The monoisotopic (exact) mass is 365 g/mol. The molecule has 2 aromatic carbocycles. The highest BCUT2D eigenvalue weighted by molar-refractivity contribution is 7.98. The van der Waals surface area contributed by atoms with Crippen LogP contribution in [0.2, 0.25) is 0 Å². The SMILES string of the molecule is CSc1nnc(-c2ccccc2N(C)C)c(-c2ccccc2N(C)C)n1. The maximum absolute atomic E-state index is 4.83. The van der Waals surface area contributed by atoms with E-state index < -0.39 is 0 Å². The van der Waals surface area contributed by atoms with Gasteiger partial charge in [0.1, 0.15) is 11.4 Å². The van der Waals surface area contributed by atoms with Crippen LogP contribution in [0.1, 0.15) is 0 Å². The molecule has 6 heteroatoms. The molecule has 26 heavy (non-hydrogen) atoms. The number of anilines is 2. The first kappa shape index (κ1) is 18.2. The zero-order chi connectivity index (χ0) is 18.7. The predicted octanol–water partition coefficient (Wildman–Crippen LogP) is 4.06. The van der Waals surface area contributed by atoms with Crippen LogP contribution < -0.4 is 9.80 Å². The van der Waals surface area contributed by atoms with E-state index in [0.29, 0.717) is 5.16 Å². The number of nitrogens with zero attached hydrogens (tertiary/aromatic N) is 5. The second kappa shape index (κ2) is 7.74. The smallest absolute Gasteiger partial charge is 0.209 e. The molecule has 0 saturated heterocycles. The number of benzene rings is 2. The number of para-hydroxylation sites is 2. The van der Waals surface area contributed by atoms with Crippen molar-refractivity contribution in [1.29, 1.82) is 0 Å². The fourth-order valence-electron chi connectivity index (χ4n) is 2.89. The van der Waals surface area contributed by atoms with Gasteiger partial charge in [-0.15, -0.1) is 10.2 Å². The van der Waals surface area contributed by atoms with Gasteiger partial charge in [0.15, 0.2) is 0 Å². The Morgan fingerprint density at radius 3 is 1.69 bits per heavy atom. The second-order valence-electron chi connectivity index (χ2n) is 6.32. The summed E-state index contributed by atoms with van der Waals surface area (Å²) in [6, 6.07) is 16.5. The van der Waals surface area contributed by atoms with Gasteiger partial charge in [0.2, 0.25) is 5.16 Å². The van der Waals surface area contributed by atoms with E-state index in [1.54, 1.807) is 0 Å². The first-order valence-electron chi connectivity index (χ1n) is 8.35. The quantitative estimate of drug-likeness (QED) is 0.636. The van der Waals surface area contributed by atoms with Crippen molar-refractivity contribution in [3.05, 3.63) is 48.5 Å². The first-order chi connectivity index (χ1) is 12.5. The average Bonchev–Trinajstić information content (AvgIpc) is 2.67. The van der Waals surface area contributed by atoms with Crippen molar-refractivity contribution in [2.75, 3.05) is 44.2 Å². The molecule has 0 N–H and O–H groups in total. The molecule has 134 valence electrons. The molecule has 0 aliphatic heterocycles. The molecule has 3 rings (SSSR count). The van der Waals surface area contributed by atoms with Crippen molar-refractivity contribution >= 4 is 23.1 Å². The summed E-state index contributed by atoms with van der Waals surface area (Å²) >= 11 is 1.50.